The van der Waals surface area contributed by atoms with E-state index in [4.69, 9.17) is 28.2 Å². The van der Waals surface area contributed by atoms with Gasteiger partial charge < -0.3 is 9.73 Å². The van der Waals surface area contributed by atoms with Crippen LogP contribution in [0.4, 0.5) is 5.69 Å². The molecule has 0 radical (unpaired) electrons. The predicted molar refractivity (Wildman–Crippen MR) is 92.1 cm³/mol. The van der Waals surface area contributed by atoms with Crippen LogP contribution in [0, 0.1) is 10.1 Å². The second-order valence-corrected chi connectivity index (χ2v) is 6.60. The molecular weight excluding hydrogens is 360 g/mol. The van der Waals surface area contributed by atoms with Crippen molar-refractivity contribution in [1.29, 1.82) is 0 Å². The van der Waals surface area contributed by atoms with Crippen LogP contribution in [-0.4, -0.2) is 15.2 Å². The number of thiocarbonyl (C=S) groups is 1. The van der Waals surface area contributed by atoms with Crippen LogP contribution in [0.2, 0.25) is 5.02 Å². The smallest absolute Gasteiger partial charge is 0.270 e. The Morgan fingerprint density at radius 1 is 1.35 bits per heavy atom. The first-order chi connectivity index (χ1) is 10.9. The van der Waals surface area contributed by atoms with Gasteiger partial charge in [-0.05, 0) is 18.2 Å². The number of carbonyl (C=O) groups is 1. The number of rotatable bonds is 3. The number of hydrogen-bond acceptors (Lipinski definition) is 6. The number of nitrogens with zero attached hydrogens (tertiary/aromatic N) is 1. The van der Waals surface area contributed by atoms with Gasteiger partial charge in [0.05, 0.1) is 14.9 Å². The first-order valence-corrected chi connectivity index (χ1v) is 7.83. The van der Waals surface area contributed by atoms with E-state index < -0.39 is 4.92 Å². The highest BCUT2D eigenvalue weighted by molar-refractivity contribution is 8.26. The molecule has 0 unspecified atom stereocenters. The van der Waals surface area contributed by atoms with Crippen molar-refractivity contribution in [3.8, 4) is 11.3 Å². The molecule has 0 bridgehead atoms. The third kappa shape index (κ3) is 3.29. The lowest BCUT2D eigenvalue weighted by molar-refractivity contribution is -0.384. The maximum absolute atomic E-state index is 11.6. The van der Waals surface area contributed by atoms with E-state index in [1.807, 2.05) is 0 Å². The summed E-state index contributed by atoms with van der Waals surface area (Å²) in [5.41, 5.74) is 0.432. The lowest BCUT2D eigenvalue weighted by atomic mass is 10.1. The molecule has 1 aliphatic rings. The van der Waals surface area contributed by atoms with Gasteiger partial charge in [-0.25, -0.2) is 0 Å². The van der Waals surface area contributed by atoms with Gasteiger partial charge in [0, 0.05) is 23.8 Å². The predicted octanol–water partition coefficient (Wildman–Crippen LogP) is 4.00. The number of furan rings is 1. The van der Waals surface area contributed by atoms with Crippen molar-refractivity contribution in [2.24, 2.45) is 0 Å². The SMILES string of the molecule is O=C1NC(=S)S/C1=C\c1ccc(-c2ccc([N+](=O)[O-])cc2Cl)o1. The standard InChI is InChI=1S/C14H7ClN2O4S2/c15-10-5-7(17(19)20)1-3-9(10)11-4-2-8(21-11)6-12-13(18)16-14(22)23-12/h1-6H,(H,16,18,22)/b12-6-. The van der Waals surface area contributed by atoms with Crippen LogP contribution in [-0.2, 0) is 4.79 Å². The molecule has 6 nitrogen and oxygen atoms in total. The molecule has 23 heavy (non-hydrogen) atoms. The topological polar surface area (TPSA) is 85.4 Å². The van der Waals surface area contributed by atoms with Gasteiger partial charge in [0.25, 0.3) is 11.6 Å². The molecule has 1 fully saturated rings. The van der Waals surface area contributed by atoms with E-state index >= 15 is 0 Å². The molecule has 1 aromatic carbocycles. The molecule has 0 aliphatic carbocycles. The van der Waals surface area contributed by atoms with Crippen LogP contribution >= 0.6 is 35.6 Å². The summed E-state index contributed by atoms with van der Waals surface area (Å²) in [4.78, 5) is 22.2. The lowest BCUT2D eigenvalue weighted by Gasteiger charge is -2.00. The average Bonchev–Trinajstić information content (AvgIpc) is 3.06. The van der Waals surface area contributed by atoms with Gasteiger partial charge in [-0.1, -0.05) is 35.6 Å². The van der Waals surface area contributed by atoms with E-state index in [0.717, 1.165) is 11.8 Å². The molecule has 1 aliphatic heterocycles. The first kappa shape index (κ1) is 15.7. The summed E-state index contributed by atoms with van der Waals surface area (Å²) in [5, 5.41) is 13.4. The maximum atomic E-state index is 11.6. The van der Waals surface area contributed by atoms with Gasteiger partial charge in [0.1, 0.15) is 15.8 Å². The molecule has 3 rings (SSSR count). The molecule has 1 saturated heterocycles. The van der Waals surface area contributed by atoms with Gasteiger partial charge in [-0.15, -0.1) is 0 Å². The third-order valence-electron chi connectivity index (χ3n) is 2.97. The van der Waals surface area contributed by atoms with Crippen LogP contribution in [0.15, 0.2) is 39.7 Å². The van der Waals surface area contributed by atoms with Gasteiger partial charge in [0.15, 0.2) is 0 Å². The molecule has 1 amide bonds. The molecule has 0 atom stereocenters. The zero-order valence-corrected chi connectivity index (χ0v) is 13.6. The van der Waals surface area contributed by atoms with Crippen LogP contribution in [0.3, 0.4) is 0 Å². The summed E-state index contributed by atoms with van der Waals surface area (Å²) >= 11 is 12.1. The maximum Gasteiger partial charge on any atom is 0.270 e. The van der Waals surface area contributed by atoms with E-state index in [9.17, 15) is 14.9 Å². The fourth-order valence-corrected chi connectivity index (χ4v) is 3.24. The van der Waals surface area contributed by atoms with E-state index in [-0.39, 0.29) is 16.6 Å². The van der Waals surface area contributed by atoms with Crippen molar-refractivity contribution in [1.82, 2.24) is 5.32 Å². The molecule has 0 saturated carbocycles. The highest BCUT2D eigenvalue weighted by Crippen LogP contribution is 2.33. The van der Waals surface area contributed by atoms with Crippen LogP contribution in [0.25, 0.3) is 17.4 Å². The molecule has 1 N–H and O–H groups in total. The number of nitro groups is 1. The summed E-state index contributed by atoms with van der Waals surface area (Å²) < 4.78 is 6.02. The number of non-ortho nitro benzene ring substituents is 1. The Kier molecular flexibility index (Phi) is 4.20. The second-order valence-electron chi connectivity index (χ2n) is 4.48. The van der Waals surface area contributed by atoms with Gasteiger partial charge >= 0.3 is 0 Å². The molecule has 116 valence electrons. The first-order valence-electron chi connectivity index (χ1n) is 6.23. The number of halogens is 1. The second kappa shape index (κ2) is 6.15. The monoisotopic (exact) mass is 366 g/mol. The summed E-state index contributed by atoms with van der Waals surface area (Å²) in [5.74, 6) is 0.630. The Hall–Kier alpha value is -2.16. The van der Waals surface area contributed by atoms with Crippen LogP contribution < -0.4 is 5.32 Å². The number of hydrogen-bond donors (Lipinski definition) is 1. The van der Waals surface area contributed by atoms with Gasteiger partial charge in [0.2, 0.25) is 0 Å². The van der Waals surface area contributed by atoms with Crippen molar-refractivity contribution < 1.29 is 14.1 Å². The molecule has 0 spiro atoms. The van der Waals surface area contributed by atoms with Gasteiger partial charge in [-0.2, -0.15) is 0 Å². The fourth-order valence-electron chi connectivity index (χ4n) is 1.94. The molecule has 2 heterocycles. The fraction of sp³-hybridized carbons (Fsp3) is 0. The van der Waals surface area contributed by atoms with Crippen molar-refractivity contribution in [2.75, 3.05) is 0 Å². The number of thioether (sulfide) groups is 1. The summed E-state index contributed by atoms with van der Waals surface area (Å²) in [6.45, 7) is 0. The Balaban J connectivity index is 1.91. The van der Waals surface area contributed by atoms with E-state index in [2.05, 4.69) is 5.32 Å². The highest BCUT2D eigenvalue weighted by atomic mass is 35.5. The van der Waals surface area contributed by atoms with Crippen molar-refractivity contribution in [3.05, 3.63) is 56.1 Å². The number of nitrogens with one attached hydrogen (secondary N) is 1. The van der Waals surface area contributed by atoms with Crippen LogP contribution in [0.1, 0.15) is 5.76 Å². The average molecular weight is 367 g/mol. The van der Waals surface area contributed by atoms with Crippen molar-refractivity contribution >= 4 is 57.6 Å². The number of amides is 1. The molecule has 9 heteroatoms. The lowest BCUT2D eigenvalue weighted by Crippen LogP contribution is -2.17. The van der Waals surface area contributed by atoms with Crippen LogP contribution in [0.5, 0.6) is 0 Å². The number of nitro benzene ring substituents is 1. The third-order valence-corrected chi connectivity index (χ3v) is 4.45. The summed E-state index contributed by atoms with van der Waals surface area (Å²) in [7, 11) is 0. The summed E-state index contributed by atoms with van der Waals surface area (Å²) in [6.07, 6.45) is 1.57. The number of carbonyl (C=O) groups excluding carboxylic acids is 1. The number of benzene rings is 1. The van der Waals surface area contributed by atoms with E-state index in [1.165, 1.54) is 18.2 Å². The minimum Gasteiger partial charge on any atom is -0.457 e. The van der Waals surface area contributed by atoms with E-state index in [1.54, 1.807) is 18.2 Å². The zero-order chi connectivity index (χ0) is 16.6. The van der Waals surface area contributed by atoms with Crippen molar-refractivity contribution in [3.63, 3.8) is 0 Å². The largest absolute Gasteiger partial charge is 0.457 e. The van der Waals surface area contributed by atoms with Crippen molar-refractivity contribution in [2.45, 2.75) is 0 Å². The highest BCUT2D eigenvalue weighted by Gasteiger charge is 2.22. The van der Waals surface area contributed by atoms with E-state index in [0.29, 0.717) is 26.3 Å². The summed E-state index contributed by atoms with van der Waals surface area (Å²) in [6, 6.07) is 7.48. The molecule has 2 aromatic rings. The molecular formula is C14H7ClN2O4S2. The normalized spacial score (nSPS) is 16.0. The Labute approximate surface area is 144 Å². The Morgan fingerprint density at radius 3 is 2.74 bits per heavy atom. The quantitative estimate of drug-likeness (QED) is 0.382. The zero-order valence-electron chi connectivity index (χ0n) is 11.2. The van der Waals surface area contributed by atoms with Gasteiger partial charge in [-0.3, -0.25) is 14.9 Å². The Bertz CT molecular complexity index is 875. The minimum atomic E-state index is -0.521. The Morgan fingerprint density at radius 2 is 2.13 bits per heavy atom. The minimum absolute atomic E-state index is 0.0970. The molecule has 1 aromatic heterocycles.